The average molecular weight is 478 g/mol. The van der Waals surface area contributed by atoms with Gasteiger partial charge in [0, 0.05) is 30.3 Å². The summed E-state index contributed by atoms with van der Waals surface area (Å²) in [4.78, 5) is 14.8. The molecule has 0 bridgehead atoms. The van der Waals surface area contributed by atoms with Crippen LogP contribution in [0, 0.1) is 0 Å². The summed E-state index contributed by atoms with van der Waals surface area (Å²) < 4.78 is 11.4. The Morgan fingerprint density at radius 3 is 2.31 bits per heavy atom. The Morgan fingerprint density at radius 2 is 1.66 bits per heavy atom. The van der Waals surface area contributed by atoms with Gasteiger partial charge in [-0.15, -0.1) is 0 Å². The number of aryl methyl sites for hydroxylation is 2. The molecule has 1 amide bonds. The summed E-state index contributed by atoms with van der Waals surface area (Å²) in [6, 6.07) is 21.8. The maximum Gasteiger partial charge on any atom is 0.254 e. The third-order valence-electron chi connectivity index (χ3n) is 5.85. The second kappa shape index (κ2) is 13.5. The van der Waals surface area contributed by atoms with Crippen molar-refractivity contribution < 1.29 is 24.5 Å². The standard InChI is InChI=1S/C29H35NO5/c1-3-19-35-28-21-25(34-2)12-14-26(28)23-11-13-27(29(33)30(15-17-31)16-18-32)24(20-23)10-9-22-7-5-4-6-8-22/h4-8,11-14,20-21,31-32H,3,9-10,15-19H2,1-2H3. The van der Waals surface area contributed by atoms with Gasteiger partial charge in [-0.1, -0.05) is 49.4 Å². The first-order chi connectivity index (χ1) is 17.1. The second-order valence-electron chi connectivity index (χ2n) is 8.31. The highest BCUT2D eigenvalue weighted by atomic mass is 16.5. The van der Waals surface area contributed by atoms with Gasteiger partial charge in [0.15, 0.2) is 0 Å². The van der Waals surface area contributed by atoms with Crippen molar-refractivity contribution in [1.82, 2.24) is 4.90 Å². The summed E-state index contributed by atoms with van der Waals surface area (Å²) in [5, 5.41) is 18.8. The van der Waals surface area contributed by atoms with Crippen LogP contribution in [0.15, 0.2) is 66.7 Å². The van der Waals surface area contributed by atoms with Crippen molar-refractivity contribution in [3.63, 3.8) is 0 Å². The molecule has 2 N–H and O–H groups in total. The average Bonchev–Trinajstić information content (AvgIpc) is 2.90. The van der Waals surface area contributed by atoms with Gasteiger partial charge in [0.25, 0.3) is 5.91 Å². The van der Waals surface area contributed by atoms with E-state index < -0.39 is 0 Å². The van der Waals surface area contributed by atoms with E-state index in [1.54, 1.807) is 7.11 Å². The van der Waals surface area contributed by atoms with E-state index in [0.717, 1.165) is 41.0 Å². The number of benzene rings is 3. The van der Waals surface area contributed by atoms with Gasteiger partial charge >= 0.3 is 0 Å². The third-order valence-corrected chi connectivity index (χ3v) is 5.85. The number of hydrogen-bond acceptors (Lipinski definition) is 5. The molecule has 0 fully saturated rings. The van der Waals surface area contributed by atoms with Crippen LogP contribution in [-0.4, -0.2) is 61.0 Å². The maximum absolute atomic E-state index is 13.4. The molecule has 0 saturated heterocycles. The Labute approximate surface area is 207 Å². The van der Waals surface area contributed by atoms with E-state index >= 15 is 0 Å². The van der Waals surface area contributed by atoms with Crippen molar-refractivity contribution in [3.05, 3.63) is 83.4 Å². The summed E-state index contributed by atoms with van der Waals surface area (Å²) >= 11 is 0. The molecule has 186 valence electrons. The lowest BCUT2D eigenvalue weighted by Crippen LogP contribution is -2.36. The fourth-order valence-corrected chi connectivity index (χ4v) is 4.03. The van der Waals surface area contributed by atoms with Crippen molar-refractivity contribution in [3.8, 4) is 22.6 Å². The molecule has 0 saturated carbocycles. The molecule has 0 aliphatic heterocycles. The SMILES string of the molecule is CCCOc1cc(OC)ccc1-c1ccc(C(=O)N(CCO)CCO)c(CCc2ccccc2)c1. The van der Waals surface area contributed by atoms with Gasteiger partial charge in [-0.2, -0.15) is 0 Å². The predicted molar refractivity (Wildman–Crippen MR) is 138 cm³/mol. The van der Waals surface area contributed by atoms with Gasteiger partial charge in [0.2, 0.25) is 0 Å². The third kappa shape index (κ3) is 7.07. The van der Waals surface area contributed by atoms with Crippen LogP contribution in [0.25, 0.3) is 11.1 Å². The highest BCUT2D eigenvalue weighted by Gasteiger charge is 2.20. The monoisotopic (exact) mass is 477 g/mol. The molecule has 3 rings (SSSR count). The zero-order valence-corrected chi connectivity index (χ0v) is 20.6. The lowest BCUT2D eigenvalue weighted by molar-refractivity contribution is 0.0683. The van der Waals surface area contributed by atoms with Gasteiger partial charge in [0.05, 0.1) is 26.9 Å². The Balaban J connectivity index is 2.02. The van der Waals surface area contributed by atoms with Crippen LogP contribution >= 0.6 is 0 Å². The lowest BCUT2D eigenvalue weighted by atomic mass is 9.94. The largest absolute Gasteiger partial charge is 0.497 e. The van der Waals surface area contributed by atoms with Crippen molar-refractivity contribution in [2.24, 2.45) is 0 Å². The van der Waals surface area contributed by atoms with Crippen molar-refractivity contribution in [2.75, 3.05) is 40.0 Å². The Morgan fingerprint density at radius 1 is 0.914 bits per heavy atom. The molecule has 0 atom stereocenters. The molecule has 6 nitrogen and oxygen atoms in total. The summed E-state index contributed by atoms with van der Waals surface area (Å²) in [6.45, 7) is 2.68. The number of carbonyl (C=O) groups excluding carboxylic acids is 1. The Hall–Kier alpha value is -3.35. The molecule has 6 heteroatoms. The summed E-state index contributed by atoms with van der Waals surface area (Å²) in [5.41, 5.74) is 4.57. The number of rotatable bonds is 13. The summed E-state index contributed by atoms with van der Waals surface area (Å²) in [5.74, 6) is 1.26. The number of methoxy groups -OCH3 is 1. The minimum Gasteiger partial charge on any atom is -0.497 e. The molecular weight excluding hydrogens is 442 g/mol. The summed E-state index contributed by atoms with van der Waals surface area (Å²) in [7, 11) is 1.63. The fraction of sp³-hybridized carbons (Fsp3) is 0.345. The van der Waals surface area contributed by atoms with Crippen molar-refractivity contribution in [1.29, 1.82) is 0 Å². The molecule has 0 aliphatic rings. The van der Waals surface area contributed by atoms with Crippen LogP contribution in [0.3, 0.4) is 0 Å². The first kappa shape index (κ1) is 26.3. The van der Waals surface area contributed by atoms with E-state index in [1.807, 2.05) is 54.6 Å². The predicted octanol–water partition coefficient (Wildman–Crippen LogP) is 4.36. The Kier molecular flexibility index (Phi) is 10.1. The maximum atomic E-state index is 13.4. The number of aliphatic hydroxyl groups is 2. The molecule has 3 aromatic carbocycles. The minimum atomic E-state index is -0.195. The molecule has 0 radical (unpaired) electrons. The van der Waals surface area contributed by atoms with Gasteiger partial charge in [-0.25, -0.2) is 0 Å². The van der Waals surface area contributed by atoms with E-state index in [9.17, 15) is 15.0 Å². The topological polar surface area (TPSA) is 79.2 Å². The number of aliphatic hydroxyl groups excluding tert-OH is 2. The molecule has 35 heavy (non-hydrogen) atoms. The molecule has 3 aromatic rings. The highest BCUT2D eigenvalue weighted by Crippen LogP contribution is 2.35. The summed E-state index contributed by atoms with van der Waals surface area (Å²) in [6.07, 6.45) is 2.34. The van der Waals surface area contributed by atoms with Crippen molar-refractivity contribution >= 4 is 5.91 Å². The van der Waals surface area contributed by atoms with E-state index in [0.29, 0.717) is 18.6 Å². The molecule has 0 aromatic heterocycles. The number of hydrogen-bond donors (Lipinski definition) is 2. The quantitative estimate of drug-likeness (QED) is 0.382. The first-order valence-electron chi connectivity index (χ1n) is 12.1. The second-order valence-corrected chi connectivity index (χ2v) is 8.31. The molecule has 0 unspecified atom stereocenters. The minimum absolute atomic E-state index is 0.160. The van der Waals surface area contributed by atoms with E-state index in [4.69, 9.17) is 9.47 Å². The van der Waals surface area contributed by atoms with Crippen LogP contribution in [0.1, 0.15) is 34.8 Å². The normalized spacial score (nSPS) is 10.7. The van der Waals surface area contributed by atoms with Gasteiger partial charge < -0.3 is 24.6 Å². The van der Waals surface area contributed by atoms with E-state index in [2.05, 4.69) is 19.1 Å². The number of amides is 1. The molecular formula is C29H35NO5. The van der Waals surface area contributed by atoms with Gasteiger partial charge in [-0.3, -0.25) is 4.79 Å². The van der Waals surface area contributed by atoms with Crippen LogP contribution in [0.5, 0.6) is 11.5 Å². The van der Waals surface area contributed by atoms with Crippen LogP contribution < -0.4 is 9.47 Å². The Bertz CT molecular complexity index is 1080. The highest BCUT2D eigenvalue weighted by molar-refractivity contribution is 5.96. The number of ether oxygens (including phenoxy) is 2. The van der Waals surface area contributed by atoms with Gasteiger partial charge in [-0.05, 0) is 54.2 Å². The van der Waals surface area contributed by atoms with Gasteiger partial charge in [0.1, 0.15) is 11.5 Å². The molecule has 0 heterocycles. The number of nitrogens with zero attached hydrogens (tertiary/aromatic N) is 1. The van der Waals surface area contributed by atoms with Crippen LogP contribution in [-0.2, 0) is 12.8 Å². The van der Waals surface area contributed by atoms with Crippen LogP contribution in [0.2, 0.25) is 0 Å². The number of carbonyl (C=O) groups is 1. The lowest BCUT2D eigenvalue weighted by Gasteiger charge is -2.23. The zero-order valence-electron chi connectivity index (χ0n) is 20.6. The smallest absolute Gasteiger partial charge is 0.254 e. The fourth-order valence-electron chi connectivity index (χ4n) is 4.03. The van der Waals surface area contributed by atoms with E-state index in [1.165, 1.54) is 10.5 Å². The molecule has 0 spiro atoms. The molecule has 0 aliphatic carbocycles. The van der Waals surface area contributed by atoms with Crippen molar-refractivity contribution in [2.45, 2.75) is 26.2 Å². The first-order valence-corrected chi connectivity index (χ1v) is 12.1. The zero-order chi connectivity index (χ0) is 25.0. The van der Waals surface area contributed by atoms with Crippen LogP contribution in [0.4, 0.5) is 0 Å². The van der Waals surface area contributed by atoms with E-state index in [-0.39, 0.29) is 32.2 Å².